The van der Waals surface area contributed by atoms with Crippen LogP contribution in [-0.4, -0.2) is 81.8 Å². The smallest absolute Gasteiger partial charge is 0.407 e. The number of hydrogen-bond donors (Lipinski definition) is 2. The van der Waals surface area contributed by atoms with Gasteiger partial charge in [-0.15, -0.1) is 0 Å². The first-order valence-electron chi connectivity index (χ1n) is 10.7. The van der Waals surface area contributed by atoms with Gasteiger partial charge in [-0.1, -0.05) is 0 Å². The van der Waals surface area contributed by atoms with Crippen LogP contribution < -0.4 is 10.1 Å². The lowest BCUT2D eigenvalue weighted by Gasteiger charge is -2.31. The molecule has 0 saturated carbocycles. The molecule has 1 aliphatic rings. The minimum absolute atomic E-state index is 0.0724. The molecule has 10 nitrogen and oxygen atoms in total. The van der Waals surface area contributed by atoms with Gasteiger partial charge < -0.3 is 29.7 Å². The molecule has 1 saturated heterocycles. The van der Waals surface area contributed by atoms with Gasteiger partial charge in [0.15, 0.2) is 11.6 Å². The number of halogens is 1. The largest absolute Gasteiger partial charge is 0.465 e. The number of nitrogens with one attached hydrogen (secondary N) is 1. The summed E-state index contributed by atoms with van der Waals surface area (Å²) in [5.74, 6) is -0.163. The first-order chi connectivity index (χ1) is 15.8. The third kappa shape index (κ3) is 6.07. The van der Waals surface area contributed by atoms with Gasteiger partial charge in [0.2, 0.25) is 0 Å². The predicted molar refractivity (Wildman–Crippen MR) is 118 cm³/mol. The van der Waals surface area contributed by atoms with Crippen LogP contribution in [-0.2, 0) is 4.74 Å². The lowest BCUT2D eigenvalue weighted by atomic mass is 10.1. The maximum Gasteiger partial charge on any atom is 0.407 e. The fourth-order valence-electron chi connectivity index (χ4n) is 3.53. The molecule has 11 heteroatoms. The van der Waals surface area contributed by atoms with E-state index in [0.29, 0.717) is 25.5 Å². The number of anilines is 1. The standard InChI is InChI=1S/C22H28FN5O5/c1-4-28(14(2)3)21(29)17-9-15(23)5-6-18(17)33-19-11-24-13-26-20(19)25-10-16-12-27(22(30)31)7-8-32-16/h5-6,9,11,13-14,16H,4,7-8,10,12H2,1-3H3,(H,30,31)(H,24,25,26). The van der Waals surface area contributed by atoms with Crippen molar-refractivity contribution in [3.63, 3.8) is 0 Å². The summed E-state index contributed by atoms with van der Waals surface area (Å²) in [4.78, 5) is 35.3. The second kappa shape index (κ2) is 10.9. The van der Waals surface area contributed by atoms with E-state index in [0.717, 1.165) is 6.07 Å². The third-order valence-corrected chi connectivity index (χ3v) is 5.20. The van der Waals surface area contributed by atoms with Gasteiger partial charge >= 0.3 is 6.09 Å². The number of ether oxygens (including phenoxy) is 2. The average molecular weight is 461 g/mol. The SMILES string of the molecule is CCN(C(=O)c1cc(F)ccc1Oc1cncnc1NCC1CN(C(=O)O)CCO1)C(C)C. The Kier molecular flexibility index (Phi) is 7.99. The minimum Gasteiger partial charge on any atom is -0.465 e. The zero-order valence-corrected chi connectivity index (χ0v) is 18.8. The molecule has 2 heterocycles. The topological polar surface area (TPSA) is 117 Å². The number of hydrogen-bond acceptors (Lipinski definition) is 7. The number of morpholine rings is 1. The molecule has 178 valence electrons. The molecule has 2 amide bonds. The zero-order chi connectivity index (χ0) is 24.0. The van der Waals surface area contributed by atoms with Crippen LogP contribution in [0.1, 0.15) is 31.1 Å². The first-order valence-corrected chi connectivity index (χ1v) is 10.7. The second-order valence-electron chi connectivity index (χ2n) is 7.77. The normalized spacial score (nSPS) is 15.9. The number of aromatic nitrogens is 2. The molecule has 0 aliphatic carbocycles. The first kappa shape index (κ1) is 24.2. The Bertz CT molecular complexity index is 989. The van der Waals surface area contributed by atoms with Crippen LogP contribution in [0.4, 0.5) is 15.0 Å². The van der Waals surface area contributed by atoms with Crippen LogP contribution in [0.3, 0.4) is 0 Å². The molecule has 0 bridgehead atoms. The Morgan fingerprint density at radius 3 is 2.88 bits per heavy atom. The number of carbonyl (C=O) groups excluding carboxylic acids is 1. The number of carboxylic acid groups (broad SMARTS) is 1. The molecule has 1 aromatic heterocycles. The summed E-state index contributed by atoms with van der Waals surface area (Å²) < 4.78 is 25.5. The summed E-state index contributed by atoms with van der Waals surface area (Å²) in [6, 6.07) is 3.68. The summed E-state index contributed by atoms with van der Waals surface area (Å²) in [6.07, 6.45) is 1.39. The lowest BCUT2D eigenvalue weighted by Crippen LogP contribution is -2.47. The molecule has 1 fully saturated rings. The Morgan fingerprint density at radius 2 is 2.18 bits per heavy atom. The van der Waals surface area contributed by atoms with E-state index in [1.54, 1.807) is 4.90 Å². The molecular formula is C22H28FN5O5. The molecule has 1 aliphatic heterocycles. The lowest BCUT2D eigenvalue weighted by molar-refractivity contribution is -0.0148. The highest BCUT2D eigenvalue weighted by molar-refractivity contribution is 5.97. The monoisotopic (exact) mass is 461 g/mol. The fourth-order valence-corrected chi connectivity index (χ4v) is 3.53. The fraction of sp³-hybridized carbons (Fsp3) is 0.455. The van der Waals surface area contributed by atoms with E-state index < -0.39 is 11.9 Å². The molecule has 2 N–H and O–H groups in total. The molecule has 0 radical (unpaired) electrons. The highest BCUT2D eigenvalue weighted by atomic mass is 19.1. The maximum absolute atomic E-state index is 14.0. The van der Waals surface area contributed by atoms with E-state index in [4.69, 9.17) is 9.47 Å². The van der Waals surface area contributed by atoms with Gasteiger partial charge in [-0.05, 0) is 39.0 Å². The zero-order valence-electron chi connectivity index (χ0n) is 18.8. The average Bonchev–Trinajstić information content (AvgIpc) is 2.80. The Balaban J connectivity index is 1.78. The van der Waals surface area contributed by atoms with Gasteiger partial charge in [-0.2, -0.15) is 0 Å². The van der Waals surface area contributed by atoms with Crippen molar-refractivity contribution in [3.8, 4) is 11.5 Å². The van der Waals surface area contributed by atoms with E-state index in [-0.39, 0.29) is 48.2 Å². The number of benzene rings is 1. The number of nitrogens with zero attached hydrogens (tertiary/aromatic N) is 4. The van der Waals surface area contributed by atoms with Crippen molar-refractivity contribution >= 4 is 17.8 Å². The van der Waals surface area contributed by atoms with Crippen molar-refractivity contribution in [1.29, 1.82) is 0 Å². The van der Waals surface area contributed by atoms with Crippen LogP contribution >= 0.6 is 0 Å². The van der Waals surface area contributed by atoms with Crippen LogP contribution in [0.2, 0.25) is 0 Å². The van der Waals surface area contributed by atoms with E-state index in [2.05, 4.69) is 15.3 Å². The van der Waals surface area contributed by atoms with Crippen LogP contribution in [0.25, 0.3) is 0 Å². The molecule has 1 aromatic carbocycles. The highest BCUT2D eigenvalue weighted by Crippen LogP contribution is 2.31. The van der Waals surface area contributed by atoms with Crippen molar-refractivity contribution in [3.05, 3.63) is 42.1 Å². The molecule has 1 atom stereocenters. The summed E-state index contributed by atoms with van der Waals surface area (Å²) >= 11 is 0. The predicted octanol–water partition coefficient (Wildman–Crippen LogP) is 3.07. The molecule has 33 heavy (non-hydrogen) atoms. The highest BCUT2D eigenvalue weighted by Gasteiger charge is 2.25. The Labute approximate surface area is 191 Å². The van der Waals surface area contributed by atoms with Crippen molar-refractivity contribution < 1.29 is 28.6 Å². The van der Waals surface area contributed by atoms with Crippen LogP contribution in [0.15, 0.2) is 30.7 Å². The molecule has 3 rings (SSSR count). The van der Waals surface area contributed by atoms with Crippen LogP contribution in [0, 0.1) is 5.82 Å². The van der Waals surface area contributed by atoms with Gasteiger partial charge in [0, 0.05) is 25.7 Å². The summed E-state index contributed by atoms with van der Waals surface area (Å²) in [5.41, 5.74) is 0.0908. The molecule has 1 unspecified atom stereocenters. The third-order valence-electron chi connectivity index (χ3n) is 5.20. The molecule has 2 aromatic rings. The molecule has 0 spiro atoms. The van der Waals surface area contributed by atoms with Crippen molar-refractivity contribution in [2.24, 2.45) is 0 Å². The summed E-state index contributed by atoms with van der Waals surface area (Å²) in [5, 5.41) is 12.3. The van der Waals surface area contributed by atoms with E-state index in [1.165, 1.54) is 29.6 Å². The molecular weight excluding hydrogens is 433 g/mol. The van der Waals surface area contributed by atoms with E-state index in [1.807, 2.05) is 20.8 Å². The maximum atomic E-state index is 14.0. The van der Waals surface area contributed by atoms with E-state index in [9.17, 15) is 19.1 Å². The minimum atomic E-state index is -0.995. The van der Waals surface area contributed by atoms with Crippen LogP contribution in [0.5, 0.6) is 11.5 Å². The van der Waals surface area contributed by atoms with Gasteiger partial charge in [-0.25, -0.2) is 19.2 Å². The van der Waals surface area contributed by atoms with Crippen molar-refractivity contribution in [2.45, 2.75) is 32.9 Å². The van der Waals surface area contributed by atoms with Gasteiger partial charge in [0.25, 0.3) is 5.91 Å². The Morgan fingerprint density at radius 1 is 1.39 bits per heavy atom. The van der Waals surface area contributed by atoms with Gasteiger partial charge in [0.05, 0.1) is 31.0 Å². The number of carbonyl (C=O) groups is 2. The second-order valence-corrected chi connectivity index (χ2v) is 7.77. The summed E-state index contributed by atoms with van der Waals surface area (Å²) in [6.45, 7) is 7.20. The summed E-state index contributed by atoms with van der Waals surface area (Å²) in [7, 11) is 0. The van der Waals surface area contributed by atoms with Gasteiger partial charge in [-0.3, -0.25) is 4.79 Å². The van der Waals surface area contributed by atoms with E-state index >= 15 is 0 Å². The number of amides is 2. The van der Waals surface area contributed by atoms with Crippen molar-refractivity contribution in [1.82, 2.24) is 19.8 Å². The quantitative estimate of drug-likeness (QED) is 0.616. The van der Waals surface area contributed by atoms with Crippen molar-refractivity contribution in [2.75, 3.05) is 38.1 Å². The van der Waals surface area contributed by atoms with Gasteiger partial charge in [0.1, 0.15) is 17.9 Å². The Hall–Kier alpha value is -3.47. The number of rotatable bonds is 8.